The average molecular weight is 279 g/mol. The summed E-state index contributed by atoms with van der Waals surface area (Å²) in [5, 5.41) is 11.3. The second-order valence-electron chi connectivity index (χ2n) is 4.72. The normalized spacial score (nSPS) is 14.3. The van der Waals surface area contributed by atoms with Gasteiger partial charge in [-0.1, -0.05) is 0 Å². The number of nitrogens with zero attached hydrogens (tertiary/aromatic N) is 2. The zero-order valence-electron chi connectivity index (χ0n) is 11.0. The average Bonchev–Trinajstić information content (AvgIpc) is 2.95. The number of halogens is 2. The highest BCUT2D eigenvalue weighted by atomic mass is 19.1. The van der Waals surface area contributed by atoms with Crippen LogP contribution in [0.15, 0.2) is 12.1 Å². The van der Waals surface area contributed by atoms with Crippen LogP contribution in [0.3, 0.4) is 0 Å². The number of amides is 1. The van der Waals surface area contributed by atoms with Gasteiger partial charge in [-0.3, -0.25) is 4.79 Å². The fourth-order valence-electron chi connectivity index (χ4n) is 2.21. The van der Waals surface area contributed by atoms with Gasteiger partial charge in [-0.15, -0.1) is 0 Å². The minimum atomic E-state index is -0.775. The minimum Gasteiger partial charge on any atom is -0.342 e. The maximum absolute atomic E-state index is 13.6. The van der Waals surface area contributed by atoms with E-state index in [1.807, 2.05) is 0 Å². The van der Waals surface area contributed by atoms with E-state index in [1.165, 1.54) is 0 Å². The highest BCUT2D eigenvalue weighted by Crippen LogP contribution is 2.15. The molecular weight excluding hydrogens is 264 g/mol. The Labute approximate surface area is 116 Å². The molecule has 1 saturated heterocycles. The van der Waals surface area contributed by atoms with E-state index in [1.54, 1.807) is 11.0 Å². The summed E-state index contributed by atoms with van der Waals surface area (Å²) in [5.41, 5.74) is -0.213. The summed E-state index contributed by atoms with van der Waals surface area (Å²) in [7, 11) is 0. The zero-order valence-corrected chi connectivity index (χ0v) is 11.0. The van der Waals surface area contributed by atoms with E-state index in [0.29, 0.717) is 0 Å². The van der Waals surface area contributed by atoms with E-state index in [9.17, 15) is 13.6 Å². The second-order valence-corrected chi connectivity index (χ2v) is 4.72. The van der Waals surface area contributed by atoms with Crippen LogP contribution in [-0.2, 0) is 11.3 Å². The van der Waals surface area contributed by atoms with Crippen LogP contribution in [0, 0.1) is 23.0 Å². The molecule has 0 atom stereocenters. The van der Waals surface area contributed by atoms with E-state index in [-0.39, 0.29) is 30.1 Å². The summed E-state index contributed by atoms with van der Waals surface area (Å²) < 4.78 is 27.2. The Morgan fingerprint density at radius 3 is 2.45 bits per heavy atom. The van der Waals surface area contributed by atoms with Crippen LogP contribution >= 0.6 is 0 Å². The molecular formula is C14H15F2N3O. The van der Waals surface area contributed by atoms with Crippen LogP contribution < -0.4 is 5.32 Å². The summed E-state index contributed by atoms with van der Waals surface area (Å²) in [5.74, 6) is -1.61. The van der Waals surface area contributed by atoms with Crippen LogP contribution in [0.1, 0.15) is 24.0 Å². The van der Waals surface area contributed by atoms with Crippen molar-refractivity contribution in [2.24, 2.45) is 0 Å². The zero-order chi connectivity index (χ0) is 14.5. The fraction of sp³-hybridized carbons (Fsp3) is 0.429. The van der Waals surface area contributed by atoms with Crippen molar-refractivity contribution in [1.82, 2.24) is 10.2 Å². The third-order valence-electron chi connectivity index (χ3n) is 3.31. The van der Waals surface area contributed by atoms with Crippen molar-refractivity contribution in [1.29, 1.82) is 5.26 Å². The van der Waals surface area contributed by atoms with Gasteiger partial charge < -0.3 is 10.2 Å². The molecule has 1 aromatic rings. The molecule has 2 rings (SSSR count). The number of rotatable bonds is 4. The lowest BCUT2D eigenvalue weighted by Crippen LogP contribution is -2.36. The first-order valence-electron chi connectivity index (χ1n) is 6.48. The topological polar surface area (TPSA) is 56.1 Å². The number of nitrogens with one attached hydrogen (secondary N) is 1. The van der Waals surface area contributed by atoms with Crippen LogP contribution in [0.2, 0.25) is 0 Å². The molecule has 0 radical (unpaired) electrons. The highest BCUT2D eigenvalue weighted by molar-refractivity contribution is 5.78. The number of nitriles is 1. The number of carbonyl (C=O) groups is 1. The maximum Gasteiger partial charge on any atom is 0.236 e. The molecule has 1 heterocycles. The molecule has 1 fully saturated rings. The van der Waals surface area contributed by atoms with Gasteiger partial charge in [-0.25, -0.2) is 8.78 Å². The molecule has 1 amide bonds. The smallest absolute Gasteiger partial charge is 0.236 e. The number of likely N-dealkylation sites (tertiary alicyclic amines) is 1. The van der Waals surface area contributed by atoms with Gasteiger partial charge in [-0.05, 0) is 25.0 Å². The highest BCUT2D eigenvalue weighted by Gasteiger charge is 2.18. The number of carbonyl (C=O) groups excluding carboxylic acids is 1. The Morgan fingerprint density at radius 2 is 1.90 bits per heavy atom. The molecule has 0 unspecified atom stereocenters. The Hall–Kier alpha value is -2.00. The van der Waals surface area contributed by atoms with Crippen molar-refractivity contribution in [3.63, 3.8) is 0 Å². The van der Waals surface area contributed by atoms with E-state index in [4.69, 9.17) is 5.26 Å². The van der Waals surface area contributed by atoms with E-state index in [0.717, 1.165) is 38.1 Å². The largest absolute Gasteiger partial charge is 0.342 e. The molecule has 1 N–H and O–H groups in total. The number of hydrogen-bond acceptors (Lipinski definition) is 3. The third kappa shape index (κ3) is 3.31. The summed E-state index contributed by atoms with van der Waals surface area (Å²) in [6.45, 7) is 1.47. The third-order valence-corrected chi connectivity index (χ3v) is 3.31. The van der Waals surface area contributed by atoms with E-state index < -0.39 is 11.6 Å². The van der Waals surface area contributed by atoms with Gasteiger partial charge in [0.15, 0.2) is 0 Å². The van der Waals surface area contributed by atoms with Crippen molar-refractivity contribution in [3.05, 3.63) is 34.9 Å². The van der Waals surface area contributed by atoms with Crippen molar-refractivity contribution in [3.8, 4) is 6.07 Å². The molecule has 0 saturated carbocycles. The van der Waals surface area contributed by atoms with Crippen LogP contribution in [0.5, 0.6) is 0 Å². The Kier molecular flexibility index (Phi) is 4.64. The number of hydrogen-bond donors (Lipinski definition) is 1. The van der Waals surface area contributed by atoms with Crippen LogP contribution in [0.4, 0.5) is 8.78 Å². The van der Waals surface area contributed by atoms with Gasteiger partial charge >= 0.3 is 0 Å². The molecule has 0 aromatic heterocycles. The molecule has 0 spiro atoms. The Balaban J connectivity index is 1.91. The summed E-state index contributed by atoms with van der Waals surface area (Å²) in [4.78, 5) is 13.5. The lowest BCUT2D eigenvalue weighted by molar-refractivity contribution is -0.129. The predicted octanol–water partition coefficient (Wildman–Crippen LogP) is 1.55. The SMILES string of the molecule is N#Cc1cc(F)c(CNCC(=O)N2CCCC2)c(F)c1. The summed E-state index contributed by atoms with van der Waals surface area (Å²) in [6, 6.07) is 3.66. The summed E-state index contributed by atoms with van der Waals surface area (Å²) in [6.07, 6.45) is 2.01. The van der Waals surface area contributed by atoms with Gasteiger partial charge in [0.25, 0.3) is 0 Å². The maximum atomic E-state index is 13.6. The molecule has 20 heavy (non-hydrogen) atoms. The van der Waals surface area contributed by atoms with Crippen LogP contribution in [-0.4, -0.2) is 30.4 Å². The monoisotopic (exact) mass is 279 g/mol. The van der Waals surface area contributed by atoms with Gasteiger partial charge in [0.2, 0.25) is 5.91 Å². The summed E-state index contributed by atoms with van der Waals surface area (Å²) >= 11 is 0. The van der Waals surface area contributed by atoms with Crippen molar-refractivity contribution >= 4 is 5.91 Å². The molecule has 1 aliphatic heterocycles. The number of benzene rings is 1. The Bertz CT molecular complexity index is 525. The molecule has 0 aliphatic carbocycles. The van der Waals surface area contributed by atoms with E-state index in [2.05, 4.69) is 5.32 Å². The quantitative estimate of drug-likeness (QED) is 0.909. The second kappa shape index (κ2) is 6.44. The predicted molar refractivity (Wildman–Crippen MR) is 68.6 cm³/mol. The Morgan fingerprint density at radius 1 is 1.30 bits per heavy atom. The first-order chi connectivity index (χ1) is 9.61. The molecule has 106 valence electrons. The van der Waals surface area contributed by atoms with Gasteiger partial charge in [0.1, 0.15) is 11.6 Å². The lowest BCUT2D eigenvalue weighted by atomic mass is 10.1. The molecule has 1 aliphatic rings. The standard InChI is InChI=1S/C14H15F2N3O/c15-12-5-10(7-17)6-13(16)11(12)8-18-9-14(20)19-3-1-2-4-19/h5-6,18H,1-4,8-9H2. The lowest BCUT2D eigenvalue weighted by Gasteiger charge is -2.15. The van der Waals surface area contributed by atoms with Crippen molar-refractivity contribution in [2.75, 3.05) is 19.6 Å². The molecule has 0 bridgehead atoms. The fourth-order valence-corrected chi connectivity index (χ4v) is 2.21. The van der Waals surface area contributed by atoms with Gasteiger partial charge in [0, 0.05) is 25.2 Å². The molecule has 4 nitrogen and oxygen atoms in total. The van der Waals surface area contributed by atoms with E-state index >= 15 is 0 Å². The molecule has 1 aromatic carbocycles. The van der Waals surface area contributed by atoms with Crippen molar-refractivity contribution in [2.45, 2.75) is 19.4 Å². The first kappa shape index (κ1) is 14.4. The van der Waals surface area contributed by atoms with Crippen molar-refractivity contribution < 1.29 is 13.6 Å². The van der Waals surface area contributed by atoms with Gasteiger partial charge in [-0.2, -0.15) is 5.26 Å². The first-order valence-corrected chi connectivity index (χ1v) is 6.48. The van der Waals surface area contributed by atoms with Crippen LogP contribution in [0.25, 0.3) is 0 Å². The minimum absolute atomic E-state index is 0.0544. The molecule has 6 heteroatoms. The van der Waals surface area contributed by atoms with Gasteiger partial charge in [0.05, 0.1) is 18.2 Å².